The summed E-state index contributed by atoms with van der Waals surface area (Å²) in [7, 11) is 0. The van der Waals surface area contributed by atoms with Gasteiger partial charge in [0, 0.05) is 17.0 Å². The number of ether oxygens (including phenoxy) is 1. The van der Waals surface area contributed by atoms with Crippen LogP contribution in [-0.2, 0) is 0 Å². The summed E-state index contributed by atoms with van der Waals surface area (Å²) < 4.78 is 20.3. The maximum atomic E-state index is 13.6. The van der Waals surface area contributed by atoms with Gasteiger partial charge in [0.15, 0.2) is 0 Å². The number of nitrogens with zero attached hydrogens (tertiary/aromatic N) is 1. The first-order chi connectivity index (χ1) is 9.51. The van der Waals surface area contributed by atoms with Crippen LogP contribution in [0.3, 0.4) is 0 Å². The van der Waals surface area contributed by atoms with Crippen LogP contribution in [0.15, 0.2) is 34.1 Å². The van der Waals surface area contributed by atoms with E-state index in [4.69, 9.17) is 15.7 Å². The van der Waals surface area contributed by atoms with Gasteiger partial charge >= 0.3 is 0 Å². The van der Waals surface area contributed by atoms with Crippen molar-refractivity contribution in [2.45, 2.75) is 19.1 Å². The molecule has 6 heteroatoms. The topological polar surface area (TPSA) is 59.0 Å². The molecule has 0 spiro atoms. The number of nitrogens with two attached hydrogens (primary N) is 1. The predicted molar refractivity (Wildman–Crippen MR) is 80.2 cm³/mol. The van der Waals surface area contributed by atoms with E-state index in [0.717, 1.165) is 8.66 Å². The highest BCUT2D eigenvalue weighted by molar-refractivity contribution is 9.11. The summed E-state index contributed by atoms with van der Waals surface area (Å²) in [5.41, 5.74) is 5.93. The third kappa shape index (κ3) is 3.37. The molecule has 2 atom stereocenters. The van der Waals surface area contributed by atoms with Gasteiger partial charge in [-0.2, -0.15) is 5.26 Å². The fourth-order valence-corrected chi connectivity index (χ4v) is 3.28. The number of rotatable bonds is 4. The fraction of sp³-hybridized carbons (Fsp3) is 0.214. The molecule has 0 amide bonds. The Balaban J connectivity index is 2.25. The standard InChI is InChI=1S/C14H12BrFN2OS/c1-8(18)14(12-4-5-13(15)20-12)19-10-3-2-9(7-17)11(16)6-10/h2-6,8,14H,18H2,1H3. The fourth-order valence-electron chi connectivity index (χ4n) is 1.71. The van der Waals surface area contributed by atoms with Crippen LogP contribution < -0.4 is 10.5 Å². The molecular formula is C14H12BrFN2OS. The Kier molecular flexibility index (Phi) is 4.76. The number of nitriles is 1. The molecule has 2 aromatic rings. The quantitative estimate of drug-likeness (QED) is 0.902. The molecule has 0 radical (unpaired) electrons. The largest absolute Gasteiger partial charge is 0.483 e. The van der Waals surface area contributed by atoms with Gasteiger partial charge in [-0.25, -0.2) is 4.39 Å². The van der Waals surface area contributed by atoms with Gasteiger partial charge in [-0.15, -0.1) is 11.3 Å². The first-order valence-electron chi connectivity index (χ1n) is 5.88. The minimum absolute atomic E-state index is 0.00596. The summed E-state index contributed by atoms with van der Waals surface area (Å²) >= 11 is 4.91. The van der Waals surface area contributed by atoms with Gasteiger partial charge in [0.25, 0.3) is 0 Å². The third-order valence-corrected chi connectivity index (χ3v) is 4.36. The molecule has 2 rings (SSSR count). The number of hydrogen-bond donors (Lipinski definition) is 1. The third-order valence-electron chi connectivity index (χ3n) is 2.68. The molecule has 20 heavy (non-hydrogen) atoms. The van der Waals surface area contributed by atoms with E-state index in [1.54, 1.807) is 12.1 Å². The van der Waals surface area contributed by atoms with E-state index in [-0.39, 0.29) is 17.7 Å². The molecule has 0 aliphatic rings. The lowest BCUT2D eigenvalue weighted by molar-refractivity contribution is 0.183. The van der Waals surface area contributed by atoms with Gasteiger partial charge < -0.3 is 10.5 Å². The van der Waals surface area contributed by atoms with E-state index in [9.17, 15) is 4.39 Å². The molecule has 3 nitrogen and oxygen atoms in total. The van der Waals surface area contributed by atoms with Crippen LogP contribution in [0.2, 0.25) is 0 Å². The zero-order valence-corrected chi connectivity index (χ0v) is 13.0. The number of hydrogen-bond acceptors (Lipinski definition) is 4. The van der Waals surface area contributed by atoms with Crippen LogP contribution in [0, 0.1) is 17.1 Å². The normalized spacial score (nSPS) is 13.6. The molecule has 1 aromatic heterocycles. The van der Waals surface area contributed by atoms with E-state index in [1.807, 2.05) is 19.1 Å². The lowest BCUT2D eigenvalue weighted by Crippen LogP contribution is -2.28. The van der Waals surface area contributed by atoms with Crippen LogP contribution in [-0.4, -0.2) is 6.04 Å². The molecule has 0 bridgehead atoms. The Bertz CT molecular complexity index is 651. The molecule has 0 saturated heterocycles. The highest BCUT2D eigenvalue weighted by atomic mass is 79.9. The van der Waals surface area contributed by atoms with Crippen molar-refractivity contribution >= 4 is 27.3 Å². The second-order valence-electron chi connectivity index (χ2n) is 4.29. The van der Waals surface area contributed by atoms with Crippen molar-refractivity contribution in [3.05, 3.63) is 50.4 Å². The highest BCUT2D eigenvalue weighted by Crippen LogP contribution is 2.32. The van der Waals surface area contributed by atoms with E-state index >= 15 is 0 Å². The number of thiophene rings is 1. The van der Waals surface area contributed by atoms with E-state index < -0.39 is 5.82 Å². The molecule has 104 valence electrons. The average Bonchev–Trinajstić information content (AvgIpc) is 2.82. The van der Waals surface area contributed by atoms with Crippen molar-refractivity contribution in [2.75, 3.05) is 0 Å². The van der Waals surface area contributed by atoms with Crippen molar-refractivity contribution < 1.29 is 9.13 Å². The van der Waals surface area contributed by atoms with Crippen molar-refractivity contribution in [3.63, 3.8) is 0 Å². The van der Waals surface area contributed by atoms with Gasteiger partial charge in [-0.05, 0) is 47.1 Å². The zero-order chi connectivity index (χ0) is 14.7. The number of halogens is 2. The summed E-state index contributed by atoms with van der Waals surface area (Å²) in [4.78, 5) is 0.955. The first-order valence-corrected chi connectivity index (χ1v) is 7.49. The van der Waals surface area contributed by atoms with Crippen LogP contribution in [0.25, 0.3) is 0 Å². The molecule has 0 aliphatic heterocycles. The van der Waals surface area contributed by atoms with Crippen LogP contribution in [0.1, 0.15) is 23.5 Å². The van der Waals surface area contributed by atoms with Crippen molar-refractivity contribution in [2.24, 2.45) is 5.73 Å². The molecule has 2 N–H and O–H groups in total. The minimum atomic E-state index is -0.596. The Morgan fingerprint density at radius 3 is 2.65 bits per heavy atom. The van der Waals surface area contributed by atoms with Gasteiger partial charge in [0.2, 0.25) is 0 Å². The smallest absolute Gasteiger partial charge is 0.148 e. The Morgan fingerprint density at radius 1 is 1.40 bits per heavy atom. The van der Waals surface area contributed by atoms with Crippen LogP contribution in [0.4, 0.5) is 4.39 Å². The maximum Gasteiger partial charge on any atom is 0.148 e. The summed E-state index contributed by atoms with van der Waals surface area (Å²) in [5, 5.41) is 8.71. The molecule has 0 saturated carbocycles. The summed E-state index contributed by atoms with van der Waals surface area (Å²) in [5.74, 6) is -0.242. The van der Waals surface area contributed by atoms with Gasteiger partial charge in [0.05, 0.1) is 9.35 Å². The van der Waals surface area contributed by atoms with E-state index in [1.165, 1.54) is 23.5 Å². The SMILES string of the molecule is CC(N)C(Oc1ccc(C#N)c(F)c1)c1ccc(Br)s1. The monoisotopic (exact) mass is 354 g/mol. The Labute approximate surface area is 128 Å². The minimum Gasteiger partial charge on any atom is -0.483 e. The summed E-state index contributed by atoms with van der Waals surface area (Å²) in [6, 6.07) is 9.53. The van der Waals surface area contributed by atoms with E-state index in [2.05, 4.69) is 15.9 Å². The van der Waals surface area contributed by atoms with Crippen LogP contribution >= 0.6 is 27.3 Å². The predicted octanol–water partition coefficient (Wildman–Crippen LogP) is 3.99. The van der Waals surface area contributed by atoms with Crippen molar-refractivity contribution in [1.29, 1.82) is 5.26 Å². The van der Waals surface area contributed by atoms with Gasteiger partial charge in [-0.1, -0.05) is 0 Å². The second kappa shape index (κ2) is 6.35. The van der Waals surface area contributed by atoms with Crippen molar-refractivity contribution in [1.82, 2.24) is 0 Å². The van der Waals surface area contributed by atoms with Crippen molar-refractivity contribution in [3.8, 4) is 11.8 Å². The Morgan fingerprint density at radius 2 is 2.15 bits per heavy atom. The lowest BCUT2D eigenvalue weighted by atomic mass is 10.1. The molecule has 1 heterocycles. The first kappa shape index (κ1) is 15.0. The summed E-state index contributed by atoms with van der Waals surface area (Å²) in [6.45, 7) is 1.83. The molecule has 2 unspecified atom stereocenters. The Hall–Kier alpha value is -1.42. The maximum absolute atomic E-state index is 13.6. The molecule has 0 aliphatic carbocycles. The summed E-state index contributed by atoms with van der Waals surface area (Å²) in [6.07, 6.45) is -0.362. The second-order valence-corrected chi connectivity index (χ2v) is 6.79. The van der Waals surface area contributed by atoms with Crippen LogP contribution in [0.5, 0.6) is 5.75 Å². The lowest BCUT2D eigenvalue weighted by Gasteiger charge is -2.21. The van der Waals surface area contributed by atoms with E-state index in [0.29, 0.717) is 5.75 Å². The molecule has 1 aromatic carbocycles. The molecular weight excluding hydrogens is 343 g/mol. The van der Waals surface area contributed by atoms with Gasteiger partial charge in [0.1, 0.15) is 23.7 Å². The average molecular weight is 355 g/mol. The number of benzene rings is 1. The van der Waals surface area contributed by atoms with Gasteiger partial charge in [-0.3, -0.25) is 0 Å². The highest BCUT2D eigenvalue weighted by Gasteiger charge is 2.20. The molecule has 0 fully saturated rings. The zero-order valence-electron chi connectivity index (χ0n) is 10.6.